The SMILES string of the molecule is CCCCN(CCCC)c1ccc(C2(c3ccc(N(C)C)cc3)OC(=O)c3cc(N(CCCC)CCCC)ccc32)cc1. The molecule has 1 atom stereocenters. The summed E-state index contributed by atoms with van der Waals surface area (Å²) >= 11 is 0. The summed E-state index contributed by atoms with van der Waals surface area (Å²) < 4.78 is 6.53. The summed E-state index contributed by atoms with van der Waals surface area (Å²) in [5.41, 5.74) is 5.99. The molecule has 0 aliphatic carbocycles. The van der Waals surface area contributed by atoms with E-state index in [1.165, 1.54) is 31.4 Å². The molecule has 0 radical (unpaired) electrons. The second kappa shape index (κ2) is 15.3. The molecular formula is C38H53N3O2. The summed E-state index contributed by atoms with van der Waals surface area (Å²) in [6.45, 7) is 13.1. The predicted molar refractivity (Wildman–Crippen MR) is 183 cm³/mol. The molecule has 1 aliphatic heterocycles. The number of rotatable bonds is 17. The van der Waals surface area contributed by atoms with Gasteiger partial charge in [0.2, 0.25) is 0 Å². The van der Waals surface area contributed by atoms with Gasteiger partial charge in [0.25, 0.3) is 0 Å². The van der Waals surface area contributed by atoms with E-state index in [1.54, 1.807) is 0 Å². The van der Waals surface area contributed by atoms with Gasteiger partial charge in [0.15, 0.2) is 5.60 Å². The third-order valence-electron chi connectivity index (χ3n) is 8.77. The summed E-state index contributed by atoms with van der Waals surface area (Å²) in [5.74, 6) is -0.254. The summed E-state index contributed by atoms with van der Waals surface area (Å²) in [6, 6.07) is 23.6. The molecule has 3 aromatic carbocycles. The summed E-state index contributed by atoms with van der Waals surface area (Å²) in [5, 5.41) is 0. The first kappa shape index (κ1) is 32.4. The number of nitrogens with zero attached hydrogens (tertiary/aromatic N) is 3. The van der Waals surface area contributed by atoms with Crippen LogP contribution in [0.25, 0.3) is 0 Å². The average molecular weight is 584 g/mol. The van der Waals surface area contributed by atoms with Crippen molar-refractivity contribution < 1.29 is 9.53 Å². The van der Waals surface area contributed by atoms with E-state index in [0.717, 1.165) is 79.9 Å². The maximum atomic E-state index is 13.8. The van der Waals surface area contributed by atoms with E-state index in [4.69, 9.17) is 4.74 Å². The molecule has 0 spiro atoms. The van der Waals surface area contributed by atoms with Crippen molar-refractivity contribution in [2.24, 2.45) is 0 Å². The van der Waals surface area contributed by atoms with Crippen molar-refractivity contribution in [2.45, 2.75) is 84.7 Å². The molecule has 1 aliphatic rings. The van der Waals surface area contributed by atoms with Crippen LogP contribution in [0.1, 0.15) is 106 Å². The van der Waals surface area contributed by atoms with Crippen molar-refractivity contribution in [3.63, 3.8) is 0 Å². The van der Waals surface area contributed by atoms with Crippen LogP contribution in [0.3, 0.4) is 0 Å². The van der Waals surface area contributed by atoms with Crippen molar-refractivity contribution in [3.05, 3.63) is 89.0 Å². The Morgan fingerprint density at radius 2 is 1.00 bits per heavy atom. The maximum absolute atomic E-state index is 13.8. The Morgan fingerprint density at radius 3 is 1.44 bits per heavy atom. The van der Waals surface area contributed by atoms with Crippen molar-refractivity contribution in [3.8, 4) is 0 Å². The fourth-order valence-corrected chi connectivity index (χ4v) is 6.09. The molecule has 0 amide bonds. The van der Waals surface area contributed by atoms with Crippen LogP contribution in [-0.2, 0) is 10.3 Å². The molecule has 0 N–H and O–H groups in total. The number of cyclic esters (lactones) is 1. The Hall–Kier alpha value is -3.47. The summed E-state index contributed by atoms with van der Waals surface area (Å²) in [4.78, 5) is 20.8. The van der Waals surface area contributed by atoms with Crippen molar-refractivity contribution in [2.75, 3.05) is 55.0 Å². The molecule has 232 valence electrons. The molecule has 0 bridgehead atoms. The molecule has 1 heterocycles. The second-order valence-electron chi connectivity index (χ2n) is 12.2. The third-order valence-corrected chi connectivity index (χ3v) is 8.77. The number of unbranched alkanes of at least 4 members (excludes halogenated alkanes) is 4. The topological polar surface area (TPSA) is 36.0 Å². The van der Waals surface area contributed by atoms with Crippen molar-refractivity contribution in [1.29, 1.82) is 0 Å². The van der Waals surface area contributed by atoms with Gasteiger partial charge in [-0.05, 0) is 62.1 Å². The minimum atomic E-state index is -0.996. The number of esters is 1. The zero-order chi connectivity index (χ0) is 30.8. The monoisotopic (exact) mass is 583 g/mol. The summed E-state index contributed by atoms with van der Waals surface area (Å²) in [6.07, 6.45) is 9.26. The smallest absolute Gasteiger partial charge is 0.340 e. The first-order valence-electron chi connectivity index (χ1n) is 16.7. The van der Waals surface area contributed by atoms with E-state index < -0.39 is 5.60 Å². The van der Waals surface area contributed by atoms with Crippen LogP contribution in [0, 0.1) is 0 Å². The lowest BCUT2D eigenvalue weighted by Crippen LogP contribution is -2.30. The van der Waals surface area contributed by atoms with Crippen molar-refractivity contribution in [1.82, 2.24) is 0 Å². The van der Waals surface area contributed by atoms with E-state index >= 15 is 0 Å². The lowest BCUT2D eigenvalue weighted by molar-refractivity contribution is 0.0251. The first-order valence-corrected chi connectivity index (χ1v) is 16.7. The number of ether oxygens (including phenoxy) is 1. The molecule has 5 heteroatoms. The highest BCUT2D eigenvalue weighted by Crippen LogP contribution is 2.48. The highest BCUT2D eigenvalue weighted by molar-refractivity contribution is 5.97. The lowest BCUT2D eigenvalue weighted by Gasteiger charge is -2.32. The van der Waals surface area contributed by atoms with Gasteiger partial charge in [-0.2, -0.15) is 0 Å². The van der Waals surface area contributed by atoms with Crippen LogP contribution >= 0.6 is 0 Å². The van der Waals surface area contributed by atoms with Gasteiger partial charge in [0.05, 0.1) is 5.56 Å². The Kier molecular flexibility index (Phi) is 11.6. The fourth-order valence-electron chi connectivity index (χ4n) is 6.09. The maximum Gasteiger partial charge on any atom is 0.340 e. The Morgan fingerprint density at radius 1 is 0.581 bits per heavy atom. The number of carbonyl (C=O) groups excluding carboxylic acids is 1. The molecular weight excluding hydrogens is 530 g/mol. The minimum absolute atomic E-state index is 0.254. The van der Waals surface area contributed by atoms with Crippen molar-refractivity contribution >= 4 is 23.0 Å². The van der Waals surface area contributed by atoms with Crippen LogP contribution in [0.4, 0.5) is 17.1 Å². The number of fused-ring (bicyclic) bond motifs is 1. The Bertz CT molecular complexity index is 1290. The van der Waals surface area contributed by atoms with E-state index in [1.807, 2.05) is 14.1 Å². The molecule has 4 rings (SSSR count). The molecule has 1 unspecified atom stereocenters. The van der Waals surface area contributed by atoms with Gasteiger partial charge in [-0.25, -0.2) is 4.79 Å². The highest BCUT2D eigenvalue weighted by Gasteiger charge is 2.48. The van der Waals surface area contributed by atoms with Gasteiger partial charge in [-0.1, -0.05) is 83.7 Å². The number of hydrogen-bond donors (Lipinski definition) is 0. The fraction of sp³-hybridized carbons (Fsp3) is 0.500. The molecule has 0 aromatic heterocycles. The first-order chi connectivity index (χ1) is 20.9. The molecule has 0 saturated carbocycles. The second-order valence-corrected chi connectivity index (χ2v) is 12.2. The molecule has 0 saturated heterocycles. The normalized spacial score (nSPS) is 15.7. The van der Waals surface area contributed by atoms with Crippen LogP contribution in [0.5, 0.6) is 0 Å². The molecule has 43 heavy (non-hydrogen) atoms. The van der Waals surface area contributed by atoms with E-state index in [9.17, 15) is 4.79 Å². The summed E-state index contributed by atoms with van der Waals surface area (Å²) in [7, 11) is 4.09. The van der Waals surface area contributed by atoms with Gasteiger partial charge in [-0.3, -0.25) is 0 Å². The standard InChI is InChI=1S/C38H53N3O2/c1-7-11-25-40(26-12-8-2)33-21-17-31(18-22-33)38(30-15-19-32(20-16-30)39(5)6)36-24-23-34(29-35(36)37(42)43-38)41(27-13-9-3)28-14-10-4/h15-24,29H,7-14,25-28H2,1-6H3. The average Bonchev–Trinajstić information content (AvgIpc) is 3.33. The number of anilines is 3. The predicted octanol–water partition coefficient (Wildman–Crippen LogP) is 9.03. The molecule has 3 aromatic rings. The molecule has 0 fully saturated rings. The minimum Gasteiger partial charge on any atom is -0.441 e. The van der Waals surface area contributed by atoms with E-state index in [-0.39, 0.29) is 5.97 Å². The number of hydrogen-bond acceptors (Lipinski definition) is 5. The van der Waals surface area contributed by atoms with Crippen LogP contribution in [0.15, 0.2) is 66.7 Å². The van der Waals surface area contributed by atoms with Crippen LogP contribution in [-0.4, -0.2) is 46.2 Å². The van der Waals surface area contributed by atoms with Gasteiger partial charge in [0, 0.05) is 74.0 Å². The third kappa shape index (κ3) is 7.20. The van der Waals surface area contributed by atoms with E-state index in [2.05, 4.69) is 109 Å². The quantitative estimate of drug-likeness (QED) is 0.148. The number of benzene rings is 3. The lowest BCUT2D eigenvalue weighted by atomic mass is 9.79. The Labute approximate surface area is 260 Å². The van der Waals surface area contributed by atoms with Gasteiger partial charge in [0.1, 0.15) is 0 Å². The van der Waals surface area contributed by atoms with Crippen LogP contribution < -0.4 is 14.7 Å². The highest BCUT2D eigenvalue weighted by atomic mass is 16.6. The zero-order valence-corrected chi connectivity index (χ0v) is 27.5. The van der Waals surface area contributed by atoms with E-state index in [0.29, 0.717) is 5.56 Å². The Balaban J connectivity index is 1.80. The van der Waals surface area contributed by atoms with Gasteiger partial charge >= 0.3 is 5.97 Å². The molecule has 5 nitrogen and oxygen atoms in total. The largest absolute Gasteiger partial charge is 0.441 e. The van der Waals surface area contributed by atoms with Crippen LogP contribution in [0.2, 0.25) is 0 Å². The van der Waals surface area contributed by atoms with Gasteiger partial charge in [-0.15, -0.1) is 0 Å². The zero-order valence-electron chi connectivity index (χ0n) is 27.5. The number of carbonyl (C=O) groups is 1. The van der Waals surface area contributed by atoms with Gasteiger partial charge < -0.3 is 19.4 Å².